The Morgan fingerprint density at radius 2 is 1.95 bits per heavy atom. The predicted octanol–water partition coefficient (Wildman–Crippen LogP) is 2.94. The summed E-state index contributed by atoms with van der Waals surface area (Å²) in [6, 6.07) is 12.8. The van der Waals surface area contributed by atoms with E-state index in [1.54, 1.807) is 12.1 Å². The lowest BCUT2D eigenvalue weighted by molar-refractivity contribution is 0.318. The van der Waals surface area contributed by atoms with Crippen LogP contribution in [0.25, 0.3) is 22.2 Å². The molecule has 0 saturated carbocycles. The van der Waals surface area contributed by atoms with Crippen LogP contribution in [0.1, 0.15) is 11.1 Å². The van der Waals surface area contributed by atoms with Crippen molar-refractivity contribution in [3.63, 3.8) is 0 Å². The maximum Gasteiger partial charge on any atom is 0.170 e. The first kappa shape index (κ1) is 13.1. The van der Waals surface area contributed by atoms with Crippen LogP contribution in [0.5, 0.6) is 5.75 Å². The highest BCUT2D eigenvalue weighted by molar-refractivity contribution is 6.01. The van der Waals surface area contributed by atoms with E-state index < -0.39 is 0 Å². The number of nitrogens with two attached hydrogens (primary N) is 1. The molecule has 0 amide bonds. The first-order chi connectivity index (χ1) is 10.1. The van der Waals surface area contributed by atoms with Crippen LogP contribution in [0.2, 0.25) is 0 Å². The molecule has 0 atom stereocenters. The second-order valence-corrected chi connectivity index (χ2v) is 4.99. The number of aromatic hydroxyl groups is 1. The molecule has 1 heterocycles. The molecule has 2 aromatic carbocycles. The van der Waals surface area contributed by atoms with Crippen LogP contribution < -0.4 is 5.73 Å². The number of phenolic OH excluding ortho intramolecular Hbond substituents is 1. The average molecular weight is 281 g/mol. The van der Waals surface area contributed by atoms with Gasteiger partial charge in [0.2, 0.25) is 0 Å². The monoisotopic (exact) mass is 281 g/mol. The average Bonchev–Trinajstić information content (AvgIpc) is 2.91. The number of aryl methyl sites for hydroxylation is 1. The Labute approximate surface area is 121 Å². The molecule has 5 nitrogen and oxygen atoms in total. The van der Waals surface area contributed by atoms with E-state index in [1.807, 2.05) is 37.3 Å². The van der Waals surface area contributed by atoms with Crippen LogP contribution >= 0.6 is 0 Å². The highest BCUT2D eigenvalue weighted by Gasteiger charge is 2.09. The quantitative estimate of drug-likeness (QED) is 0.252. The highest BCUT2D eigenvalue weighted by Crippen LogP contribution is 2.31. The zero-order valence-electron chi connectivity index (χ0n) is 11.5. The summed E-state index contributed by atoms with van der Waals surface area (Å²) < 4.78 is 0. The maximum atomic E-state index is 10.0. The van der Waals surface area contributed by atoms with Gasteiger partial charge >= 0.3 is 0 Å². The number of phenols is 1. The molecule has 5 heteroatoms. The summed E-state index contributed by atoms with van der Waals surface area (Å²) in [4.78, 5) is 3.26. The Morgan fingerprint density at radius 1 is 1.14 bits per heavy atom. The summed E-state index contributed by atoms with van der Waals surface area (Å²) in [6.07, 6.45) is 0. The number of fused-ring (bicyclic) bond motifs is 1. The summed E-state index contributed by atoms with van der Waals surface area (Å²) in [5.74, 6) is 0.293. The first-order valence-corrected chi connectivity index (χ1v) is 6.49. The number of nitrogens with zero attached hydrogens (tertiary/aromatic N) is 1. The minimum atomic E-state index is 0.0676. The summed E-state index contributed by atoms with van der Waals surface area (Å²) in [5, 5.41) is 22.7. The minimum absolute atomic E-state index is 0.0676. The molecule has 0 spiro atoms. The van der Waals surface area contributed by atoms with Crippen LogP contribution in [-0.4, -0.2) is 21.1 Å². The third-order valence-corrected chi connectivity index (χ3v) is 3.47. The molecule has 5 N–H and O–H groups in total. The Hall–Kier alpha value is -2.95. The summed E-state index contributed by atoms with van der Waals surface area (Å²) in [7, 11) is 0. The molecule has 0 radical (unpaired) electrons. The largest absolute Gasteiger partial charge is 0.507 e. The van der Waals surface area contributed by atoms with Gasteiger partial charge in [-0.2, -0.15) is 0 Å². The van der Waals surface area contributed by atoms with E-state index in [9.17, 15) is 5.11 Å². The number of oxime groups is 1. The molecule has 21 heavy (non-hydrogen) atoms. The fourth-order valence-electron chi connectivity index (χ4n) is 2.36. The molecule has 0 saturated heterocycles. The van der Waals surface area contributed by atoms with E-state index in [1.165, 1.54) is 0 Å². The molecule has 0 bridgehead atoms. The molecule has 3 rings (SSSR count). The number of hydrogen-bond donors (Lipinski definition) is 4. The van der Waals surface area contributed by atoms with E-state index in [4.69, 9.17) is 10.9 Å². The smallest absolute Gasteiger partial charge is 0.170 e. The number of nitrogens with one attached hydrogen (secondary N) is 1. The molecule has 106 valence electrons. The standard InChI is InChI=1S/C16H15N3O2/c1-9-2-5-15(20)12(6-9)14-8-11-7-10(16(17)19-21)3-4-13(11)18-14/h2-8,18,20-21H,1H3,(H2,17,19). The third kappa shape index (κ3) is 2.29. The molecular weight excluding hydrogens is 266 g/mol. The normalized spacial score (nSPS) is 12.0. The molecular formula is C16H15N3O2. The number of aromatic nitrogens is 1. The number of H-pyrrole nitrogens is 1. The van der Waals surface area contributed by atoms with Crippen molar-refractivity contribution < 1.29 is 10.3 Å². The molecule has 0 unspecified atom stereocenters. The van der Waals surface area contributed by atoms with E-state index >= 15 is 0 Å². The van der Waals surface area contributed by atoms with Gasteiger partial charge in [-0.15, -0.1) is 0 Å². The van der Waals surface area contributed by atoms with Gasteiger partial charge in [-0.05, 0) is 43.3 Å². The lowest BCUT2D eigenvalue weighted by Crippen LogP contribution is -2.12. The molecule has 0 aliphatic rings. The molecule has 0 aliphatic carbocycles. The minimum Gasteiger partial charge on any atom is -0.507 e. The van der Waals surface area contributed by atoms with Crippen molar-refractivity contribution in [3.05, 3.63) is 53.6 Å². The van der Waals surface area contributed by atoms with Gasteiger partial charge in [0.1, 0.15) is 5.75 Å². The van der Waals surface area contributed by atoms with Crippen LogP contribution in [0.15, 0.2) is 47.6 Å². The van der Waals surface area contributed by atoms with E-state index in [2.05, 4.69) is 10.1 Å². The molecule has 1 aromatic heterocycles. The SMILES string of the molecule is Cc1ccc(O)c(-c2cc3cc(/C(N)=N/O)ccc3[nH]2)c1. The predicted molar refractivity (Wildman–Crippen MR) is 82.6 cm³/mol. The van der Waals surface area contributed by atoms with Gasteiger partial charge in [0.25, 0.3) is 0 Å². The van der Waals surface area contributed by atoms with Crippen molar-refractivity contribution in [3.8, 4) is 17.0 Å². The molecule has 0 fully saturated rings. The number of hydrogen-bond acceptors (Lipinski definition) is 3. The van der Waals surface area contributed by atoms with E-state index in [-0.39, 0.29) is 11.6 Å². The van der Waals surface area contributed by atoms with Crippen molar-refractivity contribution in [1.29, 1.82) is 0 Å². The van der Waals surface area contributed by atoms with Crippen molar-refractivity contribution >= 4 is 16.7 Å². The Kier molecular flexibility index (Phi) is 3.02. The number of amidine groups is 1. The molecule has 0 aliphatic heterocycles. The summed E-state index contributed by atoms with van der Waals surface area (Å²) in [5.41, 5.74) is 9.79. The van der Waals surface area contributed by atoms with Crippen molar-refractivity contribution in [1.82, 2.24) is 4.98 Å². The zero-order valence-corrected chi connectivity index (χ0v) is 11.5. The fourth-order valence-corrected chi connectivity index (χ4v) is 2.36. The summed E-state index contributed by atoms with van der Waals surface area (Å²) >= 11 is 0. The van der Waals surface area contributed by atoms with Gasteiger partial charge < -0.3 is 21.0 Å². The second-order valence-electron chi connectivity index (χ2n) is 4.99. The first-order valence-electron chi connectivity index (χ1n) is 6.49. The van der Waals surface area contributed by atoms with E-state index in [0.717, 1.165) is 27.7 Å². The maximum absolute atomic E-state index is 10.0. The van der Waals surface area contributed by atoms with Crippen LogP contribution in [0.3, 0.4) is 0 Å². The lowest BCUT2D eigenvalue weighted by Gasteiger charge is -2.03. The number of aromatic amines is 1. The van der Waals surface area contributed by atoms with Gasteiger partial charge in [-0.1, -0.05) is 16.8 Å². The molecule has 3 aromatic rings. The Morgan fingerprint density at radius 3 is 2.71 bits per heavy atom. The number of benzene rings is 2. The van der Waals surface area contributed by atoms with Crippen LogP contribution in [-0.2, 0) is 0 Å². The van der Waals surface area contributed by atoms with Crippen LogP contribution in [0.4, 0.5) is 0 Å². The van der Waals surface area contributed by atoms with Crippen molar-refractivity contribution in [2.45, 2.75) is 6.92 Å². The third-order valence-electron chi connectivity index (χ3n) is 3.47. The topological polar surface area (TPSA) is 94.6 Å². The fraction of sp³-hybridized carbons (Fsp3) is 0.0625. The van der Waals surface area contributed by atoms with Gasteiger partial charge in [-0.3, -0.25) is 0 Å². The van der Waals surface area contributed by atoms with Crippen LogP contribution in [0, 0.1) is 6.92 Å². The number of rotatable bonds is 2. The Balaban J connectivity index is 2.15. The van der Waals surface area contributed by atoms with E-state index in [0.29, 0.717) is 5.56 Å². The zero-order chi connectivity index (χ0) is 15.0. The van der Waals surface area contributed by atoms with Gasteiger partial charge in [-0.25, -0.2) is 0 Å². The van der Waals surface area contributed by atoms with Crippen molar-refractivity contribution in [2.75, 3.05) is 0 Å². The van der Waals surface area contributed by atoms with Gasteiger partial charge in [0, 0.05) is 22.0 Å². The van der Waals surface area contributed by atoms with Crippen molar-refractivity contribution in [2.24, 2.45) is 10.9 Å². The highest BCUT2D eigenvalue weighted by atomic mass is 16.4. The Bertz CT molecular complexity index is 850. The van der Waals surface area contributed by atoms with Gasteiger partial charge in [0.05, 0.1) is 5.69 Å². The lowest BCUT2D eigenvalue weighted by atomic mass is 10.1. The second kappa shape index (κ2) is 4.86. The summed E-state index contributed by atoms with van der Waals surface area (Å²) in [6.45, 7) is 1.97. The van der Waals surface area contributed by atoms with Gasteiger partial charge in [0.15, 0.2) is 5.84 Å².